The second kappa shape index (κ2) is 19.5. The van der Waals surface area contributed by atoms with E-state index in [9.17, 15) is 42.3 Å². The SMILES string of the molecule is CC(C)(C)OC(=O)NCC1CCC(C(=O)N[C@@H](Cc2ccc(-c3ccc(C(=O)NC4CCN(C(=O)O)CC4)c(C(F)(F)F)c3)cc2)C(=O)Nc2ccc(-c3nn[nH]n3)cc2)CC1. The zero-order valence-corrected chi connectivity index (χ0v) is 34.6. The number of anilines is 1. The minimum atomic E-state index is -4.85. The average Bonchev–Trinajstić information content (AvgIpc) is 3.78. The molecule has 4 aromatic rings. The highest BCUT2D eigenvalue weighted by atomic mass is 19.4. The van der Waals surface area contributed by atoms with Crippen LogP contribution in [0.2, 0.25) is 0 Å². The molecule has 1 saturated heterocycles. The molecule has 330 valence electrons. The van der Waals surface area contributed by atoms with Gasteiger partial charge in [0.1, 0.15) is 11.6 Å². The molecule has 62 heavy (non-hydrogen) atoms. The Bertz CT molecular complexity index is 2200. The highest BCUT2D eigenvalue weighted by Crippen LogP contribution is 2.36. The molecular formula is C43H50F3N9O7. The fraction of sp³-hybridized carbons (Fsp3) is 0.442. The van der Waals surface area contributed by atoms with Crippen molar-refractivity contribution < 1.29 is 47.0 Å². The summed E-state index contributed by atoms with van der Waals surface area (Å²) in [6.07, 6.45) is -3.33. The van der Waals surface area contributed by atoms with Gasteiger partial charge in [0.2, 0.25) is 17.6 Å². The number of alkyl carbamates (subject to hydrolysis) is 1. The summed E-state index contributed by atoms with van der Waals surface area (Å²) >= 11 is 0. The molecule has 6 rings (SSSR count). The standard InChI is InChI=1S/C43H50F3N9O7/c1-42(2,3)62-40(59)47-24-26-6-10-29(11-7-26)37(56)50-35(39(58)49-31-15-12-28(13-16-31)36-51-53-54-52-36)22-25-4-8-27(9-5-25)30-14-17-33(34(23-30)43(44,45)46)38(57)48-32-18-20-55(21-19-32)41(60)61/h4-5,8-9,12-17,23,26,29,32,35H,6-7,10-11,18-22,24H2,1-3H3,(H,47,59)(H,48,57)(H,49,58)(H,50,56)(H,60,61)(H,51,52,53,54)/t26?,29?,35-/m0/s1. The monoisotopic (exact) mass is 861 g/mol. The maximum atomic E-state index is 14.4. The van der Waals surface area contributed by atoms with E-state index in [2.05, 4.69) is 41.9 Å². The van der Waals surface area contributed by atoms with Crippen molar-refractivity contribution in [3.8, 4) is 22.5 Å². The Kier molecular flexibility index (Phi) is 14.1. The van der Waals surface area contributed by atoms with E-state index >= 15 is 0 Å². The molecule has 19 heteroatoms. The first-order valence-corrected chi connectivity index (χ1v) is 20.4. The Hall–Kier alpha value is -6.53. The molecule has 1 atom stereocenters. The van der Waals surface area contributed by atoms with Crippen LogP contribution in [0, 0.1) is 11.8 Å². The van der Waals surface area contributed by atoms with Crippen LogP contribution >= 0.6 is 0 Å². The van der Waals surface area contributed by atoms with Crippen LogP contribution in [0.5, 0.6) is 0 Å². The molecule has 2 heterocycles. The number of piperidine rings is 1. The molecule has 16 nitrogen and oxygen atoms in total. The molecule has 2 aliphatic rings. The summed E-state index contributed by atoms with van der Waals surface area (Å²) in [5.74, 6) is -1.50. The third-order valence-electron chi connectivity index (χ3n) is 10.9. The lowest BCUT2D eigenvalue weighted by Crippen LogP contribution is -2.48. The van der Waals surface area contributed by atoms with E-state index in [1.165, 1.54) is 11.0 Å². The quantitative estimate of drug-likeness (QED) is 0.0918. The minimum Gasteiger partial charge on any atom is -0.465 e. The molecule has 0 bridgehead atoms. The number of carbonyl (C=O) groups excluding carboxylic acids is 4. The zero-order chi connectivity index (χ0) is 44.6. The number of aromatic nitrogens is 4. The van der Waals surface area contributed by atoms with Gasteiger partial charge in [-0.1, -0.05) is 30.3 Å². The lowest BCUT2D eigenvalue weighted by molar-refractivity contribution is -0.138. The van der Waals surface area contributed by atoms with Crippen LogP contribution < -0.4 is 21.3 Å². The van der Waals surface area contributed by atoms with Gasteiger partial charge in [0, 0.05) is 49.3 Å². The van der Waals surface area contributed by atoms with Gasteiger partial charge >= 0.3 is 18.4 Å². The van der Waals surface area contributed by atoms with Crippen molar-refractivity contribution in [2.75, 3.05) is 25.0 Å². The van der Waals surface area contributed by atoms with Crippen LogP contribution in [0.4, 0.5) is 28.4 Å². The first-order valence-electron chi connectivity index (χ1n) is 20.4. The number of amides is 5. The number of carbonyl (C=O) groups is 5. The van der Waals surface area contributed by atoms with E-state index in [0.29, 0.717) is 60.4 Å². The first kappa shape index (κ1) is 45.0. The van der Waals surface area contributed by atoms with Crippen molar-refractivity contribution in [3.05, 3.63) is 83.4 Å². The van der Waals surface area contributed by atoms with Gasteiger partial charge in [-0.05, 0) is 124 Å². The number of nitrogens with one attached hydrogen (secondary N) is 5. The number of benzene rings is 3. The molecular weight excluding hydrogens is 812 g/mol. The topological polar surface area (TPSA) is 221 Å². The second-order valence-corrected chi connectivity index (χ2v) is 16.6. The van der Waals surface area contributed by atoms with E-state index in [-0.39, 0.29) is 55.7 Å². The summed E-state index contributed by atoms with van der Waals surface area (Å²) in [6, 6.07) is 15.3. The van der Waals surface area contributed by atoms with Gasteiger partial charge in [0.15, 0.2) is 0 Å². The van der Waals surface area contributed by atoms with Crippen LogP contribution in [-0.4, -0.2) is 97.9 Å². The van der Waals surface area contributed by atoms with Gasteiger partial charge in [-0.3, -0.25) is 14.4 Å². The van der Waals surface area contributed by atoms with Crippen molar-refractivity contribution in [1.29, 1.82) is 0 Å². The third kappa shape index (κ3) is 12.3. The van der Waals surface area contributed by atoms with Crippen LogP contribution in [0.3, 0.4) is 0 Å². The highest BCUT2D eigenvalue weighted by Gasteiger charge is 2.37. The molecule has 6 N–H and O–H groups in total. The number of carboxylic acid groups (broad SMARTS) is 1. The fourth-order valence-corrected chi connectivity index (χ4v) is 7.59. The van der Waals surface area contributed by atoms with Crippen LogP contribution in [-0.2, 0) is 26.9 Å². The predicted octanol–water partition coefficient (Wildman–Crippen LogP) is 6.42. The fourth-order valence-electron chi connectivity index (χ4n) is 7.59. The Morgan fingerprint density at radius 2 is 1.52 bits per heavy atom. The summed E-state index contributed by atoms with van der Waals surface area (Å²) in [4.78, 5) is 65.2. The number of likely N-dealkylation sites (tertiary alicyclic amines) is 1. The number of nitrogens with zero attached hydrogens (tertiary/aromatic N) is 4. The Morgan fingerprint density at radius 1 is 0.871 bits per heavy atom. The molecule has 0 spiro atoms. The lowest BCUT2D eigenvalue weighted by Gasteiger charge is -2.30. The lowest BCUT2D eigenvalue weighted by atomic mass is 9.81. The summed E-state index contributed by atoms with van der Waals surface area (Å²) in [6.45, 7) is 6.10. The number of halogens is 3. The molecule has 1 aromatic heterocycles. The first-order chi connectivity index (χ1) is 29.4. The largest absolute Gasteiger partial charge is 0.465 e. The van der Waals surface area contributed by atoms with Crippen molar-refractivity contribution in [3.63, 3.8) is 0 Å². The van der Waals surface area contributed by atoms with Crippen molar-refractivity contribution in [2.45, 2.75) is 89.6 Å². The van der Waals surface area contributed by atoms with Gasteiger partial charge in [0.05, 0.1) is 11.1 Å². The number of H-pyrrole nitrogens is 1. The summed E-state index contributed by atoms with van der Waals surface area (Å²) < 4.78 is 48.4. The van der Waals surface area contributed by atoms with Crippen molar-refractivity contribution in [1.82, 2.24) is 41.5 Å². The van der Waals surface area contributed by atoms with E-state index in [4.69, 9.17) is 4.74 Å². The van der Waals surface area contributed by atoms with Crippen molar-refractivity contribution in [2.24, 2.45) is 11.8 Å². The molecule has 5 amide bonds. The van der Waals surface area contributed by atoms with Gasteiger partial charge in [-0.25, -0.2) is 9.59 Å². The number of hydrogen-bond acceptors (Lipinski definition) is 9. The number of rotatable bonds is 12. The zero-order valence-electron chi connectivity index (χ0n) is 34.6. The van der Waals surface area contributed by atoms with E-state index in [1.807, 2.05) is 0 Å². The second-order valence-electron chi connectivity index (χ2n) is 16.6. The predicted molar refractivity (Wildman–Crippen MR) is 221 cm³/mol. The summed E-state index contributed by atoms with van der Waals surface area (Å²) in [7, 11) is 0. The molecule has 0 unspecified atom stereocenters. The molecule has 2 fully saturated rings. The Labute approximate surface area is 355 Å². The van der Waals surface area contributed by atoms with Crippen LogP contribution in [0.1, 0.15) is 80.8 Å². The Morgan fingerprint density at radius 3 is 2.11 bits per heavy atom. The molecule has 1 aliphatic carbocycles. The normalized spacial score (nSPS) is 17.7. The van der Waals surface area contributed by atoms with Gasteiger partial charge in [-0.15, -0.1) is 10.2 Å². The number of tetrazole rings is 1. The van der Waals surface area contributed by atoms with E-state index < -0.39 is 59.0 Å². The molecule has 0 radical (unpaired) electrons. The minimum absolute atomic E-state index is 0.0618. The van der Waals surface area contributed by atoms with E-state index in [1.54, 1.807) is 69.3 Å². The highest BCUT2D eigenvalue weighted by molar-refractivity contribution is 5.98. The van der Waals surface area contributed by atoms with Gasteiger partial charge < -0.3 is 36.0 Å². The number of aromatic amines is 1. The maximum Gasteiger partial charge on any atom is 0.417 e. The average molecular weight is 862 g/mol. The summed E-state index contributed by atoms with van der Waals surface area (Å²) in [5.41, 5.74) is 0.0988. The summed E-state index contributed by atoms with van der Waals surface area (Å²) in [5, 5.41) is 34.3. The number of alkyl halides is 3. The maximum absolute atomic E-state index is 14.4. The molecule has 3 aromatic carbocycles. The number of hydrogen-bond donors (Lipinski definition) is 6. The van der Waals surface area contributed by atoms with Gasteiger partial charge in [-0.2, -0.15) is 18.4 Å². The van der Waals surface area contributed by atoms with E-state index in [0.717, 1.165) is 12.1 Å². The molecule has 1 aliphatic heterocycles. The smallest absolute Gasteiger partial charge is 0.417 e. The van der Waals surface area contributed by atoms with Gasteiger partial charge in [0.25, 0.3) is 5.91 Å². The van der Waals surface area contributed by atoms with Crippen LogP contribution in [0.25, 0.3) is 22.5 Å². The van der Waals surface area contributed by atoms with Crippen molar-refractivity contribution >= 4 is 35.6 Å². The number of ether oxygens (including phenoxy) is 1. The Balaban J connectivity index is 1.13. The third-order valence-corrected chi connectivity index (χ3v) is 10.9. The van der Waals surface area contributed by atoms with Crippen LogP contribution in [0.15, 0.2) is 66.7 Å². The molecule has 1 saturated carbocycles.